The number of hydroxylamine groups is 1. The number of para-hydroxylation sites is 2. The second kappa shape index (κ2) is 6.51. The van der Waals surface area contributed by atoms with Gasteiger partial charge in [-0.15, -0.1) is 0 Å². The lowest BCUT2D eigenvalue weighted by Gasteiger charge is -2.34. The number of hydrogen-bond acceptors (Lipinski definition) is 6. The molecule has 3 aliphatic heterocycles. The van der Waals surface area contributed by atoms with E-state index in [1.54, 1.807) is 79.9 Å². The number of imide groups is 1. The van der Waals surface area contributed by atoms with E-state index >= 15 is 0 Å². The molecule has 7 nitrogen and oxygen atoms in total. The number of carbonyl (C=O) groups excluding carboxylic acids is 3. The van der Waals surface area contributed by atoms with E-state index in [0.29, 0.717) is 28.3 Å². The summed E-state index contributed by atoms with van der Waals surface area (Å²) in [7, 11) is 1.56. The molecular weight excluding hydrogens is 408 g/mol. The number of fused-ring (bicyclic) bond motifs is 5. The molecule has 32 heavy (non-hydrogen) atoms. The van der Waals surface area contributed by atoms with Gasteiger partial charge in [-0.25, -0.2) is 9.96 Å². The van der Waals surface area contributed by atoms with Crippen molar-refractivity contribution in [3.05, 3.63) is 90.0 Å². The minimum absolute atomic E-state index is 0.262. The van der Waals surface area contributed by atoms with Crippen LogP contribution in [0.25, 0.3) is 0 Å². The average molecular weight is 426 g/mol. The Morgan fingerprint density at radius 3 is 2.25 bits per heavy atom. The molecule has 3 heterocycles. The molecule has 0 saturated carbocycles. The fraction of sp³-hybridized carbons (Fsp3) is 0.160. The summed E-state index contributed by atoms with van der Waals surface area (Å²) in [5.74, 6) is -1.59. The van der Waals surface area contributed by atoms with Gasteiger partial charge < -0.3 is 4.74 Å². The summed E-state index contributed by atoms with van der Waals surface area (Å²) in [6.45, 7) is 0. The molecule has 3 aromatic rings. The van der Waals surface area contributed by atoms with E-state index < -0.39 is 29.4 Å². The number of benzene rings is 3. The summed E-state index contributed by atoms with van der Waals surface area (Å²) in [6, 6.07) is 22.8. The molecule has 3 aromatic carbocycles. The van der Waals surface area contributed by atoms with E-state index in [1.165, 1.54) is 5.06 Å². The molecule has 0 spiro atoms. The van der Waals surface area contributed by atoms with E-state index in [9.17, 15) is 14.4 Å². The van der Waals surface area contributed by atoms with Gasteiger partial charge in [0, 0.05) is 5.56 Å². The minimum Gasteiger partial charge on any atom is -0.497 e. The quantitative estimate of drug-likeness (QED) is 0.599. The van der Waals surface area contributed by atoms with Crippen molar-refractivity contribution in [1.29, 1.82) is 0 Å². The third-order valence-electron chi connectivity index (χ3n) is 6.50. The number of nitrogens with zero attached hydrogens (tertiary/aromatic N) is 2. The molecule has 0 aliphatic carbocycles. The zero-order valence-electron chi connectivity index (χ0n) is 17.1. The van der Waals surface area contributed by atoms with Crippen LogP contribution in [-0.4, -0.2) is 30.8 Å². The number of anilines is 2. The van der Waals surface area contributed by atoms with Crippen LogP contribution in [0.15, 0.2) is 78.9 Å². The van der Waals surface area contributed by atoms with Crippen LogP contribution >= 0.6 is 0 Å². The third-order valence-corrected chi connectivity index (χ3v) is 6.50. The van der Waals surface area contributed by atoms with Crippen LogP contribution in [0.5, 0.6) is 5.75 Å². The van der Waals surface area contributed by atoms with Gasteiger partial charge in [0.05, 0.1) is 18.5 Å². The average Bonchev–Trinajstić information content (AvgIpc) is 3.40. The summed E-state index contributed by atoms with van der Waals surface area (Å²) >= 11 is 0. The molecule has 7 heteroatoms. The number of Topliss-reactive ketones (excluding diaryl/α,β-unsaturated/α-hetero) is 1. The first kappa shape index (κ1) is 18.8. The van der Waals surface area contributed by atoms with E-state index in [0.717, 1.165) is 4.90 Å². The molecule has 2 saturated heterocycles. The monoisotopic (exact) mass is 426 g/mol. The van der Waals surface area contributed by atoms with E-state index in [2.05, 4.69) is 0 Å². The molecule has 3 atom stereocenters. The number of amides is 2. The fourth-order valence-corrected chi connectivity index (χ4v) is 5.11. The lowest BCUT2D eigenvalue weighted by Crippen LogP contribution is -2.51. The Balaban J connectivity index is 1.56. The molecule has 3 aliphatic rings. The molecule has 0 bridgehead atoms. The smallest absolute Gasteiger partial charge is 0.266 e. The Morgan fingerprint density at radius 1 is 0.844 bits per heavy atom. The molecule has 0 radical (unpaired) electrons. The van der Waals surface area contributed by atoms with Gasteiger partial charge in [-0.1, -0.05) is 42.5 Å². The van der Waals surface area contributed by atoms with Gasteiger partial charge in [-0.2, -0.15) is 0 Å². The second-order valence-electron chi connectivity index (χ2n) is 7.99. The molecule has 1 unspecified atom stereocenters. The number of methoxy groups -OCH3 is 1. The Morgan fingerprint density at radius 2 is 1.53 bits per heavy atom. The van der Waals surface area contributed by atoms with Crippen LogP contribution in [-0.2, 0) is 20.0 Å². The Labute approximate surface area is 183 Å². The maximum absolute atomic E-state index is 14.0. The number of hydrogen-bond donors (Lipinski definition) is 0. The van der Waals surface area contributed by atoms with Gasteiger partial charge in [0.1, 0.15) is 11.7 Å². The van der Waals surface area contributed by atoms with Crippen LogP contribution in [0.1, 0.15) is 15.9 Å². The lowest BCUT2D eigenvalue weighted by atomic mass is 9.74. The zero-order chi connectivity index (χ0) is 22.0. The van der Waals surface area contributed by atoms with Crippen LogP contribution in [0, 0.1) is 5.92 Å². The van der Waals surface area contributed by atoms with Crippen molar-refractivity contribution in [2.75, 3.05) is 17.1 Å². The number of ketones is 1. The van der Waals surface area contributed by atoms with E-state index in [4.69, 9.17) is 9.57 Å². The van der Waals surface area contributed by atoms with Crippen LogP contribution in [0.3, 0.4) is 0 Å². The van der Waals surface area contributed by atoms with Crippen molar-refractivity contribution >= 4 is 29.0 Å². The Kier molecular flexibility index (Phi) is 3.82. The summed E-state index contributed by atoms with van der Waals surface area (Å²) in [4.78, 5) is 48.3. The largest absolute Gasteiger partial charge is 0.497 e. The maximum Gasteiger partial charge on any atom is 0.266 e. The maximum atomic E-state index is 14.0. The predicted molar refractivity (Wildman–Crippen MR) is 115 cm³/mol. The summed E-state index contributed by atoms with van der Waals surface area (Å²) < 4.78 is 5.27. The highest BCUT2D eigenvalue weighted by Gasteiger charge is 2.73. The van der Waals surface area contributed by atoms with Gasteiger partial charge in [0.25, 0.3) is 5.91 Å². The van der Waals surface area contributed by atoms with Crippen molar-refractivity contribution in [2.45, 2.75) is 11.6 Å². The minimum atomic E-state index is -1.48. The normalized spacial score (nSPS) is 25.7. The fourth-order valence-electron chi connectivity index (χ4n) is 5.11. The topological polar surface area (TPSA) is 76.2 Å². The molecule has 2 amide bonds. The Hall–Kier alpha value is -3.97. The highest BCUT2D eigenvalue weighted by atomic mass is 16.7. The van der Waals surface area contributed by atoms with Crippen molar-refractivity contribution in [2.24, 2.45) is 5.92 Å². The van der Waals surface area contributed by atoms with E-state index in [1.807, 2.05) is 6.07 Å². The standard InChI is InChI=1S/C25H18N2O5/c1-31-17-13-11-15(12-14-17)25-20-21(24(30)26(23(20)29)16-7-3-2-4-8-16)32-27(25)19-10-6-5-9-18(19)22(25)28/h2-14,20-21H,1H3/t20-,21+,25?/m0/s1. The third kappa shape index (κ3) is 2.15. The molecule has 0 aromatic heterocycles. The summed E-state index contributed by atoms with van der Waals surface area (Å²) in [5.41, 5.74) is 0.564. The number of carbonyl (C=O) groups is 3. The summed E-state index contributed by atoms with van der Waals surface area (Å²) in [6.07, 6.45) is -1.10. The highest BCUT2D eigenvalue weighted by Crippen LogP contribution is 2.57. The first-order chi connectivity index (χ1) is 15.6. The first-order valence-electron chi connectivity index (χ1n) is 10.3. The van der Waals surface area contributed by atoms with Gasteiger partial charge in [-0.05, 0) is 42.0 Å². The zero-order valence-corrected chi connectivity index (χ0v) is 17.1. The van der Waals surface area contributed by atoms with Crippen molar-refractivity contribution in [1.82, 2.24) is 0 Å². The molecule has 2 fully saturated rings. The van der Waals surface area contributed by atoms with Crippen LogP contribution in [0.2, 0.25) is 0 Å². The Bertz CT molecular complexity index is 1270. The first-order valence-corrected chi connectivity index (χ1v) is 10.3. The second-order valence-corrected chi connectivity index (χ2v) is 7.99. The van der Waals surface area contributed by atoms with Gasteiger partial charge in [-0.3, -0.25) is 19.2 Å². The SMILES string of the molecule is COc1ccc(C23C(=O)c4ccccc4N2O[C@H]2C(=O)N(c4ccccc4)C(=O)[C@H]23)cc1. The number of rotatable bonds is 3. The highest BCUT2D eigenvalue weighted by molar-refractivity contribution is 6.28. The molecule has 0 N–H and O–H groups in total. The van der Waals surface area contributed by atoms with Gasteiger partial charge >= 0.3 is 0 Å². The van der Waals surface area contributed by atoms with Crippen molar-refractivity contribution < 1.29 is 24.0 Å². The molecule has 158 valence electrons. The summed E-state index contributed by atoms with van der Waals surface area (Å²) in [5, 5.41) is 1.47. The van der Waals surface area contributed by atoms with Crippen LogP contribution in [0.4, 0.5) is 11.4 Å². The van der Waals surface area contributed by atoms with Gasteiger partial charge in [0.15, 0.2) is 17.4 Å². The van der Waals surface area contributed by atoms with Gasteiger partial charge in [0.2, 0.25) is 5.91 Å². The van der Waals surface area contributed by atoms with Crippen molar-refractivity contribution in [3.8, 4) is 5.75 Å². The number of ether oxygens (including phenoxy) is 1. The predicted octanol–water partition coefficient (Wildman–Crippen LogP) is 3.10. The van der Waals surface area contributed by atoms with Crippen molar-refractivity contribution in [3.63, 3.8) is 0 Å². The molecular formula is C25H18N2O5. The molecule has 6 rings (SSSR count). The lowest BCUT2D eigenvalue weighted by molar-refractivity contribution is -0.126. The van der Waals surface area contributed by atoms with Crippen LogP contribution < -0.4 is 14.7 Å². The van der Waals surface area contributed by atoms with E-state index in [-0.39, 0.29) is 5.78 Å².